The molecule has 0 amide bonds. The maximum atomic E-state index is 11.1. The van der Waals surface area contributed by atoms with E-state index >= 15 is 0 Å². The summed E-state index contributed by atoms with van der Waals surface area (Å²) in [6.07, 6.45) is 0.791. The Morgan fingerprint density at radius 2 is 1.93 bits per heavy atom. The molecule has 0 radical (unpaired) electrons. The van der Waals surface area contributed by atoms with E-state index < -0.39 is 22.4 Å². The standard InChI is InChI=1S/C8H14O4S2/c1-2-3-12-8(11)6(14)4-5(13)7(9)10/h5-6,13-14H,2-4H2,1H3,(H,9,10). The zero-order valence-electron chi connectivity index (χ0n) is 7.84. The van der Waals surface area contributed by atoms with Gasteiger partial charge in [-0.15, -0.1) is 0 Å². The van der Waals surface area contributed by atoms with Crippen molar-refractivity contribution in [1.29, 1.82) is 0 Å². The van der Waals surface area contributed by atoms with Crippen molar-refractivity contribution in [1.82, 2.24) is 0 Å². The lowest BCUT2D eigenvalue weighted by Crippen LogP contribution is -2.25. The largest absolute Gasteiger partial charge is 0.480 e. The van der Waals surface area contributed by atoms with E-state index in [4.69, 9.17) is 9.84 Å². The number of carbonyl (C=O) groups is 2. The van der Waals surface area contributed by atoms with E-state index in [-0.39, 0.29) is 6.42 Å². The summed E-state index contributed by atoms with van der Waals surface area (Å²) in [4.78, 5) is 21.5. The van der Waals surface area contributed by atoms with Crippen molar-refractivity contribution in [3.63, 3.8) is 0 Å². The van der Waals surface area contributed by atoms with E-state index in [0.717, 1.165) is 6.42 Å². The van der Waals surface area contributed by atoms with Crippen LogP contribution in [-0.2, 0) is 14.3 Å². The van der Waals surface area contributed by atoms with Crippen molar-refractivity contribution in [2.45, 2.75) is 30.3 Å². The fourth-order valence-corrected chi connectivity index (χ4v) is 1.37. The van der Waals surface area contributed by atoms with E-state index in [0.29, 0.717) is 6.61 Å². The van der Waals surface area contributed by atoms with Gasteiger partial charge in [-0.25, -0.2) is 0 Å². The fourth-order valence-electron chi connectivity index (χ4n) is 0.707. The maximum absolute atomic E-state index is 11.1. The molecule has 0 aromatic carbocycles. The number of carboxylic acids is 1. The van der Waals surface area contributed by atoms with Crippen LogP contribution in [0.4, 0.5) is 0 Å². The third-order valence-corrected chi connectivity index (χ3v) is 2.31. The Hall–Kier alpha value is -0.360. The second-order valence-electron chi connectivity index (χ2n) is 2.77. The summed E-state index contributed by atoms with van der Waals surface area (Å²) >= 11 is 7.74. The van der Waals surface area contributed by atoms with Crippen LogP contribution < -0.4 is 0 Å². The highest BCUT2D eigenvalue weighted by Crippen LogP contribution is 2.12. The molecule has 0 aliphatic carbocycles. The van der Waals surface area contributed by atoms with Crippen molar-refractivity contribution >= 4 is 37.2 Å². The Morgan fingerprint density at radius 1 is 1.36 bits per heavy atom. The normalized spacial score (nSPS) is 14.5. The lowest BCUT2D eigenvalue weighted by atomic mass is 10.2. The van der Waals surface area contributed by atoms with Crippen LogP contribution in [0, 0.1) is 0 Å². The molecule has 0 aromatic heterocycles. The highest BCUT2D eigenvalue weighted by molar-refractivity contribution is 7.82. The van der Waals surface area contributed by atoms with E-state index in [1.54, 1.807) is 0 Å². The van der Waals surface area contributed by atoms with Crippen LogP contribution in [0.5, 0.6) is 0 Å². The molecule has 0 rings (SSSR count). The topological polar surface area (TPSA) is 63.6 Å². The van der Waals surface area contributed by atoms with E-state index in [2.05, 4.69) is 25.3 Å². The minimum absolute atomic E-state index is 0.0596. The van der Waals surface area contributed by atoms with Crippen LogP contribution in [0.25, 0.3) is 0 Å². The molecule has 0 heterocycles. The average molecular weight is 238 g/mol. The van der Waals surface area contributed by atoms with Gasteiger partial charge in [0.15, 0.2) is 0 Å². The molecule has 6 heteroatoms. The van der Waals surface area contributed by atoms with Crippen LogP contribution >= 0.6 is 25.3 Å². The lowest BCUT2D eigenvalue weighted by molar-refractivity contribution is -0.143. The van der Waals surface area contributed by atoms with Gasteiger partial charge in [-0.3, -0.25) is 9.59 Å². The van der Waals surface area contributed by atoms with E-state index in [1.165, 1.54) is 0 Å². The summed E-state index contributed by atoms with van der Waals surface area (Å²) in [5.74, 6) is -1.55. The van der Waals surface area contributed by atoms with Gasteiger partial charge < -0.3 is 9.84 Å². The molecular formula is C8H14O4S2. The number of carbonyl (C=O) groups excluding carboxylic acids is 1. The number of esters is 1. The van der Waals surface area contributed by atoms with Crippen LogP contribution in [0.1, 0.15) is 19.8 Å². The maximum Gasteiger partial charge on any atom is 0.318 e. The summed E-state index contributed by atoms with van der Waals surface area (Å²) in [6, 6.07) is 0. The molecule has 0 aliphatic rings. The highest BCUT2D eigenvalue weighted by Gasteiger charge is 2.22. The van der Waals surface area contributed by atoms with Gasteiger partial charge in [-0.2, -0.15) is 25.3 Å². The van der Waals surface area contributed by atoms with Gasteiger partial charge in [-0.05, 0) is 12.8 Å². The number of hydrogen-bond acceptors (Lipinski definition) is 5. The van der Waals surface area contributed by atoms with Gasteiger partial charge in [0, 0.05) is 0 Å². The monoisotopic (exact) mass is 238 g/mol. The summed E-state index contributed by atoms with van der Waals surface area (Å²) in [6.45, 7) is 2.21. The molecular weight excluding hydrogens is 224 g/mol. The molecule has 4 nitrogen and oxygen atoms in total. The van der Waals surface area contributed by atoms with Crippen molar-refractivity contribution in [2.24, 2.45) is 0 Å². The van der Waals surface area contributed by atoms with Gasteiger partial charge in [0.2, 0.25) is 0 Å². The predicted octanol–water partition coefficient (Wildman–Crippen LogP) is 1.01. The van der Waals surface area contributed by atoms with Crippen LogP contribution in [0.15, 0.2) is 0 Å². The molecule has 82 valence electrons. The van der Waals surface area contributed by atoms with Crippen LogP contribution in [0.3, 0.4) is 0 Å². The van der Waals surface area contributed by atoms with Crippen molar-refractivity contribution in [3.8, 4) is 0 Å². The molecule has 14 heavy (non-hydrogen) atoms. The van der Waals surface area contributed by atoms with Gasteiger partial charge in [0.05, 0.1) is 6.61 Å². The molecule has 0 fully saturated rings. The molecule has 0 aromatic rings. The van der Waals surface area contributed by atoms with Crippen molar-refractivity contribution in [3.05, 3.63) is 0 Å². The molecule has 0 aliphatic heterocycles. The third-order valence-electron chi connectivity index (χ3n) is 1.45. The number of hydrogen-bond donors (Lipinski definition) is 3. The van der Waals surface area contributed by atoms with Gasteiger partial charge in [0.1, 0.15) is 10.5 Å². The smallest absolute Gasteiger partial charge is 0.318 e. The fraction of sp³-hybridized carbons (Fsp3) is 0.750. The Bertz CT molecular complexity index is 208. The molecule has 0 saturated heterocycles. The van der Waals surface area contributed by atoms with Gasteiger partial charge in [-0.1, -0.05) is 6.92 Å². The first-order chi connectivity index (χ1) is 6.49. The van der Waals surface area contributed by atoms with Crippen molar-refractivity contribution < 1.29 is 19.4 Å². The molecule has 2 unspecified atom stereocenters. The minimum atomic E-state index is -1.06. The number of thiol groups is 2. The van der Waals surface area contributed by atoms with E-state index in [1.807, 2.05) is 6.92 Å². The number of carboxylic acid groups (broad SMARTS) is 1. The first-order valence-corrected chi connectivity index (χ1v) is 5.27. The van der Waals surface area contributed by atoms with Crippen LogP contribution in [0.2, 0.25) is 0 Å². The molecule has 2 atom stereocenters. The number of rotatable bonds is 6. The number of ether oxygens (including phenoxy) is 1. The number of aliphatic carboxylic acids is 1. The quantitative estimate of drug-likeness (QED) is 0.477. The summed E-state index contributed by atoms with van der Waals surface area (Å²) in [7, 11) is 0. The first-order valence-electron chi connectivity index (χ1n) is 4.24. The SMILES string of the molecule is CCCOC(=O)C(S)CC(S)C(=O)O. The molecule has 0 saturated carbocycles. The Labute approximate surface area is 93.8 Å². The lowest BCUT2D eigenvalue weighted by Gasteiger charge is -2.11. The average Bonchev–Trinajstić information content (AvgIpc) is 2.13. The van der Waals surface area contributed by atoms with Crippen molar-refractivity contribution in [2.75, 3.05) is 6.61 Å². The third kappa shape index (κ3) is 5.39. The van der Waals surface area contributed by atoms with Gasteiger partial charge >= 0.3 is 11.9 Å². The zero-order chi connectivity index (χ0) is 11.1. The first kappa shape index (κ1) is 13.6. The molecule has 0 bridgehead atoms. The summed E-state index contributed by atoms with van der Waals surface area (Å²) < 4.78 is 4.79. The van der Waals surface area contributed by atoms with E-state index in [9.17, 15) is 9.59 Å². The van der Waals surface area contributed by atoms with Crippen LogP contribution in [-0.4, -0.2) is 34.2 Å². The zero-order valence-corrected chi connectivity index (χ0v) is 9.63. The highest BCUT2D eigenvalue weighted by atomic mass is 32.1. The second kappa shape index (κ2) is 7.00. The second-order valence-corrected chi connectivity index (χ2v) is 4.02. The van der Waals surface area contributed by atoms with Gasteiger partial charge in [0.25, 0.3) is 0 Å². The molecule has 0 spiro atoms. The molecule has 1 N–H and O–H groups in total. The Morgan fingerprint density at radius 3 is 2.36 bits per heavy atom. The minimum Gasteiger partial charge on any atom is -0.480 e. The summed E-state index contributed by atoms with van der Waals surface area (Å²) in [5, 5.41) is 6.92. The Balaban J connectivity index is 3.88. The Kier molecular flexibility index (Phi) is 6.82. The predicted molar refractivity (Wildman–Crippen MR) is 59.1 cm³/mol. The summed E-state index contributed by atoms with van der Waals surface area (Å²) in [5.41, 5.74) is 0.